The molecular weight excluding hydrogens is 342 g/mol. The van der Waals surface area contributed by atoms with Crippen molar-refractivity contribution in [1.29, 1.82) is 0 Å². The van der Waals surface area contributed by atoms with Gasteiger partial charge < -0.3 is 19.9 Å². The fraction of sp³-hybridized carbons (Fsp3) is 0.556. The predicted molar refractivity (Wildman–Crippen MR) is 99.2 cm³/mol. The average molecular weight is 368 g/mol. The van der Waals surface area contributed by atoms with Crippen LogP contribution in [-0.2, 0) is 20.7 Å². The van der Waals surface area contributed by atoms with Gasteiger partial charge in [0.25, 0.3) is 0 Å². The van der Waals surface area contributed by atoms with Crippen molar-refractivity contribution in [3.63, 3.8) is 0 Å². The lowest BCUT2D eigenvalue weighted by atomic mass is 10.0. The number of rotatable bonds is 5. The zero-order valence-corrected chi connectivity index (χ0v) is 15.4. The Morgan fingerprint density at radius 1 is 1.32 bits per heavy atom. The van der Waals surface area contributed by atoms with Gasteiger partial charge in [-0.15, -0.1) is 12.4 Å². The second-order valence-corrected chi connectivity index (χ2v) is 6.31. The third-order valence-corrected chi connectivity index (χ3v) is 4.74. The van der Waals surface area contributed by atoms with Crippen molar-refractivity contribution in [2.45, 2.75) is 25.3 Å². The smallest absolute Gasteiger partial charge is 0.240 e. The van der Waals surface area contributed by atoms with E-state index < -0.39 is 6.04 Å². The van der Waals surface area contributed by atoms with Gasteiger partial charge in [0.2, 0.25) is 11.8 Å². The van der Waals surface area contributed by atoms with E-state index in [9.17, 15) is 9.59 Å². The molecule has 1 saturated heterocycles. The highest BCUT2D eigenvalue weighted by Crippen LogP contribution is 2.27. The summed E-state index contributed by atoms with van der Waals surface area (Å²) in [6.45, 7) is 3.20. The number of aryl methyl sites for hydroxylation is 1. The summed E-state index contributed by atoms with van der Waals surface area (Å²) >= 11 is 0. The number of amides is 2. The van der Waals surface area contributed by atoms with Crippen LogP contribution in [0.1, 0.15) is 18.4 Å². The molecule has 0 radical (unpaired) electrons. The van der Waals surface area contributed by atoms with Crippen molar-refractivity contribution in [1.82, 2.24) is 10.2 Å². The molecule has 138 valence electrons. The summed E-state index contributed by atoms with van der Waals surface area (Å²) in [4.78, 5) is 28.9. The Hall–Kier alpha value is -1.63. The molecule has 1 aromatic carbocycles. The number of nitrogens with one attached hydrogen (secondary N) is 1. The molecule has 3 rings (SSSR count). The van der Waals surface area contributed by atoms with Gasteiger partial charge in [-0.3, -0.25) is 9.59 Å². The summed E-state index contributed by atoms with van der Waals surface area (Å²) in [6.07, 6.45) is 2.18. The van der Waals surface area contributed by atoms with Crippen LogP contribution in [0.4, 0.5) is 5.69 Å². The largest absolute Gasteiger partial charge is 0.383 e. The minimum atomic E-state index is -0.433. The molecule has 2 aliphatic rings. The second-order valence-electron chi connectivity index (χ2n) is 6.31. The molecule has 0 saturated carbocycles. The van der Waals surface area contributed by atoms with Gasteiger partial charge in [0.1, 0.15) is 0 Å². The zero-order chi connectivity index (χ0) is 16.9. The monoisotopic (exact) mass is 367 g/mol. The molecule has 1 atom stereocenters. The van der Waals surface area contributed by atoms with E-state index in [1.807, 2.05) is 23.1 Å². The predicted octanol–water partition coefficient (Wildman–Crippen LogP) is 1.22. The minimum absolute atomic E-state index is 0. The Labute approximate surface area is 154 Å². The lowest BCUT2D eigenvalue weighted by Crippen LogP contribution is -2.57. The Bertz CT molecular complexity index is 611. The fourth-order valence-corrected chi connectivity index (χ4v) is 3.45. The summed E-state index contributed by atoms with van der Waals surface area (Å²) in [5.41, 5.74) is 2.20. The first kappa shape index (κ1) is 19.7. The van der Waals surface area contributed by atoms with Crippen LogP contribution in [0.25, 0.3) is 0 Å². The van der Waals surface area contributed by atoms with E-state index in [2.05, 4.69) is 11.4 Å². The van der Waals surface area contributed by atoms with Crippen LogP contribution in [0.5, 0.6) is 0 Å². The number of anilines is 1. The van der Waals surface area contributed by atoms with E-state index in [1.54, 1.807) is 12.0 Å². The van der Waals surface area contributed by atoms with Gasteiger partial charge in [0.15, 0.2) is 0 Å². The first-order valence-corrected chi connectivity index (χ1v) is 8.60. The maximum absolute atomic E-state index is 12.8. The van der Waals surface area contributed by atoms with Crippen LogP contribution >= 0.6 is 12.4 Å². The normalized spacial score (nSPS) is 20.0. The highest BCUT2D eigenvalue weighted by atomic mass is 35.5. The van der Waals surface area contributed by atoms with Crippen LogP contribution < -0.4 is 10.2 Å². The van der Waals surface area contributed by atoms with E-state index in [4.69, 9.17) is 4.74 Å². The fourth-order valence-electron chi connectivity index (χ4n) is 3.45. The molecule has 0 aromatic heterocycles. The van der Waals surface area contributed by atoms with Gasteiger partial charge in [0.05, 0.1) is 19.1 Å². The number of benzene rings is 1. The van der Waals surface area contributed by atoms with Crippen molar-refractivity contribution in [2.24, 2.45) is 0 Å². The first-order chi connectivity index (χ1) is 11.7. The number of hydrogen-bond donors (Lipinski definition) is 1. The van der Waals surface area contributed by atoms with Gasteiger partial charge in [-0.05, 0) is 24.5 Å². The summed E-state index contributed by atoms with van der Waals surface area (Å²) in [6, 6.07) is 7.60. The van der Waals surface area contributed by atoms with Crippen LogP contribution in [-0.4, -0.2) is 62.7 Å². The standard InChI is InChI=1S/C18H25N3O3.ClH/c1-24-12-11-20-10-8-19-15(18(20)23)13-17(22)21-9-4-6-14-5-2-3-7-16(14)21;/h2-3,5,7,15,19H,4,6,8-13H2,1H3;1H. The Balaban J connectivity index is 0.00000225. The molecule has 1 fully saturated rings. The van der Waals surface area contributed by atoms with Crippen LogP contribution in [0.15, 0.2) is 24.3 Å². The number of hydrogen-bond acceptors (Lipinski definition) is 4. The van der Waals surface area contributed by atoms with E-state index >= 15 is 0 Å². The Morgan fingerprint density at radius 2 is 2.12 bits per heavy atom. The molecule has 1 unspecified atom stereocenters. The maximum Gasteiger partial charge on any atom is 0.240 e. The molecular formula is C18H26ClN3O3. The molecule has 2 amide bonds. The molecule has 2 heterocycles. The summed E-state index contributed by atoms with van der Waals surface area (Å²) in [7, 11) is 1.63. The summed E-state index contributed by atoms with van der Waals surface area (Å²) < 4.78 is 5.05. The number of methoxy groups -OCH3 is 1. The number of carbonyl (C=O) groups excluding carboxylic acids is 2. The maximum atomic E-state index is 12.8. The molecule has 0 aliphatic carbocycles. The molecule has 1 aromatic rings. The quantitative estimate of drug-likeness (QED) is 0.850. The molecule has 25 heavy (non-hydrogen) atoms. The molecule has 7 heteroatoms. The van der Waals surface area contributed by atoms with E-state index in [0.717, 1.165) is 25.1 Å². The van der Waals surface area contributed by atoms with Gasteiger partial charge in [-0.25, -0.2) is 0 Å². The van der Waals surface area contributed by atoms with Crippen LogP contribution in [0.3, 0.4) is 0 Å². The molecule has 2 aliphatic heterocycles. The molecule has 6 nitrogen and oxygen atoms in total. The highest BCUT2D eigenvalue weighted by molar-refractivity contribution is 5.98. The van der Waals surface area contributed by atoms with E-state index in [0.29, 0.717) is 26.2 Å². The first-order valence-electron chi connectivity index (χ1n) is 8.60. The summed E-state index contributed by atoms with van der Waals surface area (Å²) in [5.74, 6) is 0.0125. The lowest BCUT2D eigenvalue weighted by Gasteiger charge is -2.35. The number of nitrogens with zero attached hydrogens (tertiary/aromatic N) is 2. The molecule has 0 spiro atoms. The Morgan fingerprint density at radius 3 is 2.92 bits per heavy atom. The summed E-state index contributed by atoms with van der Waals surface area (Å²) in [5, 5.41) is 3.19. The van der Waals surface area contributed by atoms with Crippen LogP contribution in [0.2, 0.25) is 0 Å². The van der Waals surface area contributed by atoms with Crippen molar-refractivity contribution in [3.05, 3.63) is 29.8 Å². The number of carbonyl (C=O) groups is 2. The van der Waals surface area contributed by atoms with E-state index in [-0.39, 0.29) is 30.6 Å². The van der Waals surface area contributed by atoms with Crippen LogP contribution in [0, 0.1) is 0 Å². The third-order valence-electron chi connectivity index (χ3n) is 4.74. The SMILES string of the molecule is COCCN1CCNC(CC(=O)N2CCCc3ccccc32)C1=O.Cl. The van der Waals surface area contributed by atoms with Crippen molar-refractivity contribution in [3.8, 4) is 0 Å². The van der Waals surface area contributed by atoms with E-state index in [1.165, 1.54) is 5.56 Å². The second kappa shape index (κ2) is 9.17. The lowest BCUT2D eigenvalue weighted by molar-refractivity contribution is -0.138. The molecule has 1 N–H and O–H groups in total. The average Bonchev–Trinajstić information content (AvgIpc) is 2.62. The van der Waals surface area contributed by atoms with Gasteiger partial charge in [0, 0.05) is 39.0 Å². The number of ether oxygens (including phenoxy) is 1. The van der Waals surface area contributed by atoms with Crippen molar-refractivity contribution >= 4 is 29.9 Å². The number of fused-ring (bicyclic) bond motifs is 1. The number of piperazine rings is 1. The minimum Gasteiger partial charge on any atom is -0.383 e. The topological polar surface area (TPSA) is 61.9 Å². The number of para-hydroxylation sites is 1. The molecule has 0 bridgehead atoms. The Kier molecular flexibility index (Phi) is 7.23. The van der Waals surface area contributed by atoms with Crippen molar-refractivity contribution < 1.29 is 14.3 Å². The van der Waals surface area contributed by atoms with Gasteiger partial charge in [-0.2, -0.15) is 0 Å². The van der Waals surface area contributed by atoms with Crippen molar-refractivity contribution in [2.75, 3.05) is 44.8 Å². The van der Waals surface area contributed by atoms with Gasteiger partial charge in [-0.1, -0.05) is 18.2 Å². The zero-order valence-electron chi connectivity index (χ0n) is 14.6. The van der Waals surface area contributed by atoms with Gasteiger partial charge >= 0.3 is 0 Å². The number of halogens is 1. The third kappa shape index (κ3) is 4.51. The highest BCUT2D eigenvalue weighted by Gasteiger charge is 2.32.